The second kappa shape index (κ2) is 11.6. The first-order valence-electron chi connectivity index (χ1n) is 10.3. The van der Waals surface area contributed by atoms with Crippen LogP contribution in [0.15, 0.2) is 11.6 Å². The lowest BCUT2D eigenvalue weighted by atomic mass is 9.87. The molecule has 0 aliphatic carbocycles. The first kappa shape index (κ1) is 23.8. The summed E-state index contributed by atoms with van der Waals surface area (Å²) in [6.07, 6.45) is 4.43. The smallest absolute Gasteiger partial charge is 0.345 e. The van der Waals surface area contributed by atoms with Crippen LogP contribution >= 0.6 is 0 Å². The molecule has 0 aromatic rings. The molecule has 166 valence electrons. The summed E-state index contributed by atoms with van der Waals surface area (Å²) in [7, 11) is 0. The Bertz CT molecular complexity index is 515. The molecule has 0 saturated carbocycles. The van der Waals surface area contributed by atoms with Crippen LogP contribution in [0.1, 0.15) is 46.5 Å². The van der Waals surface area contributed by atoms with Crippen LogP contribution in [0.4, 0.5) is 0 Å². The van der Waals surface area contributed by atoms with Gasteiger partial charge in [0.05, 0.1) is 37.3 Å². The van der Waals surface area contributed by atoms with E-state index in [4.69, 9.17) is 28.4 Å². The zero-order chi connectivity index (χ0) is 21.2. The van der Waals surface area contributed by atoms with E-state index in [-0.39, 0.29) is 32.4 Å². The SMILES string of the molecule is CCCC=C(C(=O)OCC1(CC)COCOC1)C(=O)OCC1(CC)COCOC1. The summed E-state index contributed by atoms with van der Waals surface area (Å²) in [6, 6.07) is 0. The van der Waals surface area contributed by atoms with Crippen LogP contribution < -0.4 is 0 Å². The number of hydrogen-bond donors (Lipinski definition) is 0. The number of esters is 2. The van der Waals surface area contributed by atoms with E-state index >= 15 is 0 Å². The molecule has 0 N–H and O–H groups in total. The molecular weight excluding hydrogens is 380 g/mol. The third-order valence-corrected chi connectivity index (χ3v) is 5.56. The molecule has 2 saturated heterocycles. The lowest BCUT2D eigenvalue weighted by Crippen LogP contribution is -2.42. The van der Waals surface area contributed by atoms with Crippen LogP contribution in [0.2, 0.25) is 0 Å². The van der Waals surface area contributed by atoms with E-state index in [1.807, 2.05) is 20.8 Å². The number of carbonyl (C=O) groups excluding carboxylic acids is 2. The molecule has 0 aromatic carbocycles. The van der Waals surface area contributed by atoms with Crippen molar-refractivity contribution in [2.75, 3.05) is 53.2 Å². The number of rotatable bonds is 10. The van der Waals surface area contributed by atoms with Gasteiger partial charge < -0.3 is 28.4 Å². The van der Waals surface area contributed by atoms with Gasteiger partial charge in [-0.1, -0.05) is 33.3 Å². The van der Waals surface area contributed by atoms with Crippen LogP contribution in [0.25, 0.3) is 0 Å². The Kier molecular flexibility index (Phi) is 9.55. The molecule has 0 spiro atoms. The Balaban J connectivity index is 1.97. The second-order valence-corrected chi connectivity index (χ2v) is 7.90. The zero-order valence-corrected chi connectivity index (χ0v) is 17.8. The molecule has 0 unspecified atom stereocenters. The van der Waals surface area contributed by atoms with Gasteiger partial charge in [-0.25, -0.2) is 9.59 Å². The maximum absolute atomic E-state index is 12.7. The maximum Gasteiger partial charge on any atom is 0.345 e. The van der Waals surface area contributed by atoms with Crippen molar-refractivity contribution in [3.05, 3.63) is 11.6 Å². The number of carbonyl (C=O) groups is 2. The fourth-order valence-electron chi connectivity index (χ4n) is 3.14. The molecule has 8 heteroatoms. The summed E-state index contributed by atoms with van der Waals surface area (Å²) >= 11 is 0. The molecule has 2 rings (SSSR count). The third kappa shape index (κ3) is 6.77. The van der Waals surface area contributed by atoms with Crippen LogP contribution in [0, 0.1) is 10.8 Å². The highest BCUT2D eigenvalue weighted by Crippen LogP contribution is 2.28. The Labute approximate surface area is 172 Å². The van der Waals surface area contributed by atoms with Crippen molar-refractivity contribution in [1.82, 2.24) is 0 Å². The van der Waals surface area contributed by atoms with Gasteiger partial charge in [-0.3, -0.25) is 0 Å². The molecule has 29 heavy (non-hydrogen) atoms. The van der Waals surface area contributed by atoms with Crippen LogP contribution in [-0.4, -0.2) is 65.2 Å². The molecule has 2 aliphatic heterocycles. The van der Waals surface area contributed by atoms with Gasteiger partial charge in [0.25, 0.3) is 0 Å². The summed E-state index contributed by atoms with van der Waals surface area (Å²) < 4.78 is 32.4. The minimum absolute atomic E-state index is 0.0698. The fraction of sp³-hybridized carbons (Fsp3) is 0.810. The lowest BCUT2D eigenvalue weighted by molar-refractivity contribution is -0.188. The molecule has 0 radical (unpaired) electrons. The largest absolute Gasteiger partial charge is 0.461 e. The van der Waals surface area contributed by atoms with Gasteiger partial charge in [0, 0.05) is 0 Å². The molecule has 0 amide bonds. The summed E-state index contributed by atoms with van der Waals surface area (Å²) in [4.78, 5) is 25.3. The van der Waals surface area contributed by atoms with Crippen molar-refractivity contribution in [3.63, 3.8) is 0 Å². The van der Waals surface area contributed by atoms with Gasteiger partial charge in [0.1, 0.15) is 32.4 Å². The molecule has 2 fully saturated rings. The Morgan fingerprint density at radius 3 is 1.55 bits per heavy atom. The average molecular weight is 414 g/mol. The topological polar surface area (TPSA) is 89.5 Å². The van der Waals surface area contributed by atoms with Gasteiger partial charge >= 0.3 is 11.9 Å². The van der Waals surface area contributed by atoms with Crippen LogP contribution in [-0.2, 0) is 38.0 Å². The first-order chi connectivity index (χ1) is 14.0. The monoisotopic (exact) mass is 414 g/mol. The third-order valence-electron chi connectivity index (χ3n) is 5.56. The summed E-state index contributed by atoms with van der Waals surface area (Å²) in [5, 5.41) is 0. The number of unbranched alkanes of at least 4 members (excludes halogenated alkanes) is 1. The van der Waals surface area contributed by atoms with Crippen LogP contribution in [0.3, 0.4) is 0 Å². The van der Waals surface area contributed by atoms with Gasteiger partial charge in [-0.2, -0.15) is 0 Å². The number of ether oxygens (including phenoxy) is 6. The molecule has 0 aromatic heterocycles. The van der Waals surface area contributed by atoms with Crippen molar-refractivity contribution >= 4 is 11.9 Å². The standard InChI is InChI=1S/C21H34O8/c1-4-7-8-17(18(22)28-13-20(5-2)9-24-15-25-10-20)19(23)29-14-21(6-3)11-26-16-27-12-21/h8H,4-7,9-16H2,1-3H3. The van der Waals surface area contributed by atoms with Gasteiger partial charge in [-0.15, -0.1) is 0 Å². The lowest BCUT2D eigenvalue weighted by Gasteiger charge is -2.35. The highest BCUT2D eigenvalue weighted by molar-refractivity contribution is 6.14. The van der Waals surface area contributed by atoms with Crippen molar-refractivity contribution in [3.8, 4) is 0 Å². The van der Waals surface area contributed by atoms with E-state index in [0.717, 1.165) is 19.3 Å². The van der Waals surface area contributed by atoms with E-state index < -0.39 is 22.8 Å². The minimum atomic E-state index is -0.677. The van der Waals surface area contributed by atoms with Crippen molar-refractivity contribution in [1.29, 1.82) is 0 Å². The molecule has 2 heterocycles. The van der Waals surface area contributed by atoms with Crippen LogP contribution in [0.5, 0.6) is 0 Å². The van der Waals surface area contributed by atoms with E-state index in [9.17, 15) is 9.59 Å². The van der Waals surface area contributed by atoms with E-state index in [0.29, 0.717) is 32.8 Å². The second-order valence-electron chi connectivity index (χ2n) is 7.90. The quantitative estimate of drug-likeness (QED) is 0.233. The van der Waals surface area contributed by atoms with Crippen molar-refractivity contribution in [2.45, 2.75) is 46.5 Å². The average Bonchev–Trinajstić information content (AvgIpc) is 2.77. The molecule has 0 bridgehead atoms. The fourth-order valence-corrected chi connectivity index (χ4v) is 3.14. The van der Waals surface area contributed by atoms with Gasteiger partial charge in [-0.05, 0) is 19.3 Å². The summed E-state index contributed by atoms with van der Waals surface area (Å²) in [6.45, 7) is 8.51. The zero-order valence-electron chi connectivity index (χ0n) is 17.8. The van der Waals surface area contributed by atoms with Gasteiger partial charge in [0.2, 0.25) is 0 Å². The normalized spacial score (nSPS) is 20.5. The molecule has 0 atom stereocenters. The molecular formula is C21H34O8. The Hall–Kier alpha value is -1.48. The van der Waals surface area contributed by atoms with Crippen molar-refractivity contribution in [2.24, 2.45) is 10.8 Å². The summed E-state index contributed by atoms with van der Waals surface area (Å²) in [5.74, 6) is -1.35. The maximum atomic E-state index is 12.7. The molecule has 2 aliphatic rings. The van der Waals surface area contributed by atoms with Crippen molar-refractivity contribution < 1.29 is 38.0 Å². The first-order valence-corrected chi connectivity index (χ1v) is 10.3. The van der Waals surface area contributed by atoms with Gasteiger partial charge in [0.15, 0.2) is 0 Å². The highest BCUT2D eigenvalue weighted by atomic mass is 16.7. The predicted molar refractivity (Wildman–Crippen MR) is 104 cm³/mol. The van der Waals surface area contributed by atoms with E-state index in [1.165, 1.54) is 0 Å². The number of hydrogen-bond acceptors (Lipinski definition) is 8. The predicted octanol–water partition coefficient (Wildman–Crippen LogP) is 2.60. The minimum Gasteiger partial charge on any atom is -0.461 e. The van der Waals surface area contributed by atoms with E-state index in [1.54, 1.807) is 6.08 Å². The number of allylic oxidation sites excluding steroid dienone is 1. The highest BCUT2D eigenvalue weighted by Gasteiger charge is 2.36. The Morgan fingerprint density at radius 2 is 1.21 bits per heavy atom. The molecule has 8 nitrogen and oxygen atoms in total. The van der Waals surface area contributed by atoms with E-state index in [2.05, 4.69) is 0 Å². The Morgan fingerprint density at radius 1 is 0.793 bits per heavy atom. The summed E-state index contributed by atoms with van der Waals surface area (Å²) in [5.41, 5.74) is -0.854.